The number of hydrogen-bond donors (Lipinski definition) is 1. The molecule has 0 saturated carbocycles. The van der Waals surface area contributed by atoms with Gasteiger partial charge in [-0.25, -0.2) is 0 Å². The summed E-state index contributed by atoms with van der Waals surface area (Å²) < 4.78 is 4.94. The van der Waals surface area contributed by atoms with E-state index in [9.17, 15) is 0 Å². The third-order valence-corrected chi connectivity index (χ3v) is 1.73. The molecule has 0 saturated heterocycles. The second-order valence-corrected chi connectivity index (χ2v) is 2.64. The molecule has 64 valence electrons. The minimum Gasteiger partial charge on any atom is -0.472 e. The predicted molar refractivity (Wildman–Crippen MR) is 45.4 cm³/mol. The van der Waals surface area contributed by atoms with E-state index in [0.717, 1.165) is 12.1 Å². The molecule has 1 heterocycles. The summed E-state index contributed by atoms with van der Waals surface area (Å²) in [5.41, 5.74) is 1.12. The van der Waals surface area contributed by atoms with Gasteiger partial charge in [0.1, 0.15) is 0 Å². The maximum Gasteiger partial charge on any atom is 0.0950 e. The predicted octanol–water partition coefficient (Wildman–Crippen LogP) is 1.84. The van der Waals surface area contributed by atoms with Crippen LogP contribution in [0.15, 0.2) is 23.0 Å². The van der Waals surface area contributed by atoms with E-state index in [0.29, 0.717) is 6.42 Å². The molecule has 0 aliphatic rings. The molecule has 1 unspecified atom stereocenters. The molecule has 0 bridgehead atoms. The van der Waals surface area contributed by atoms with Gasteiger partial charge in [-0.2, -0.15) is 5.26 Å². The van der Waals surface area contributed by atoms with Crippen molar-refractivity contribution < 1.29 is 4.42 Å². The fourth-order valence-corrected chi connectivity index (χ4v) is 0.984. The molecule has 0 fully saturated rings. The Morgan fingerprint density at radius 2 is 2.58 bits per heavy atom. The normalized spacial score (nSPS) is 12.3. The van der Waals surface area contributed by atoms with Crippen molar-refractivity contribution in [1.29, 1.82) is 5.26 Å². The fraction of sp³-hybridized carbons (Fsp3) is 0.444. The van der Waals surface area contributed by atoms with E-state index in [1.54, 1.807) is 12.5 Å². The molecular formula is C9H12N2O. The summed E-state index contributed by atoms with van der Waals surface area (Å²) in [7, 11) is 0. The molecule has 1 rings (SSSR count). The molecular weight excluding hydrogens is 152 g/mol. The van der Waals surface area contributed by atoms with Crippen LogP contribution < -0.4 is 5.32 Å². The summed E-state index contributed by atoms with van der Waals surface area (Å²) in [6, 6.07) is 4.26. The van der Waals surface area contributed by atoms with Crippen LogP contribution in [-0.4, -0.2) is 6.54 Å². The lowest BCUT2D eigenvalue weighted by molar-refractivity contribution is 0.542. The number of nitrogens with one attached hydrogen (secondary N) is 1. The topological polar surface area (TPSA) is 49.0 Å². The maximum atomic E-state index is 8.30. The van der Waals surface area contributed by atoms with E-state index < -0.39 is 0 Å². The Kier molecular flexibility index (Phi) is 3.36. The van der Waals surface area contributed by atoms with E-state index in [2.05, 4.69) is 11.4 Å². The number of rotatable bonds is 4. The van der Waals surface area contributed by atoms with Crippen LogP contribution in [0.5, 0.6) is 0 Å². The Bertz CT molecular complexity index is 248. The summed E-state index contributed by atoms with van der Waals surface area (Å²) in [5.74, 6) is 0. The summed E-state index contributed by atoms with van der Waals surface area (Å²) >= 11 is 0. The first-order valence-electron chi connectivity index (χ1n) is 3.97. The van der Waals surface area contributed by atoms with Gasteiger partial charge in [0.15, 0.2) is 0 Å². The van der Waals surface area contributed by atoms with Crippen molar-refractivity contribution in [3.63, 3.8) is 0 Å². The van der Waals surface area contributed by atoms with Crippen molar-refractivity contribution in [2.45, 2.75) is 19.4 Å². The Balaban J connectivity index is 2.30. The molecule has 3 heteroatoms. The van der Waals surface area contributed by atoms with Gasteiger partial charge in [-0.15, -0.1) is 0 Å². The van der Waals surface area contributed by atoms with Gasteiger partial charge in [-0.05, 0) is 13.0 Å². The van der Waals surface area contributed by atoms with Crippen molar-refractivity contribution in [3.05, 3.63) is 24.2 Å². The largest absolute Gasteiger partial charge is 0.472 e. The summed E-state index contributed by atoms with van der Waals surface area (Å²) in [4.78, 5) is 0. The molecule has 0 amide bonds. The molecule has 0 aromatic carbocycles. The van der Waals surface area contributed by atoms with Crippen molar-refractivity contribution >= 4 is 0 Å². The molecule has 12 heavy (non-hydrogen) atoms. The number of nitrogens with zero attached hydrogens (tertiary/aromatic N) is 1. The minimum atomic E-state index is 0.261. The Morgan fingerprint density at radius 3 is 3.17 bits per heavy atom. The van der Waals surface area contributed by atoms with Crippen LogP contribution in [0.4, 0.5) is 0 Å². The average Bonchev–Trinajstić information content (AvgIpc) is 2.56. The highest BCUT2D eigenvalue weighted by molar-refractivity contribution is 5.10. The van der Waals surface area contributed by atoms with Crippen molar-refractivity contribution in [3.8, 4) is 6.07 Å². The third-order valence-electron chi connectivity index (χ3n) is 1.73. The van der Waals surface area contributed by atoms with Gasteiger partial charge >= 0.3 is 0 Å². The zero-order valence-electron chi connectivity index (χ0n) is 7.08. The number of nitriles is 1. The lowest BCUT2D eigenvalue weighted by Gasteiger charge is -2.09. The molecule has 1 atom stereocenters. The van der Waals surface area contributed by atoms with Gasteiger partial charge in [0.25, 0.3) is 0 Å². The van der Waals surface area contributed by atoms with E-state index in [1.807, 2.05) is 13.0 Å². The smallest absolute Gasteiger partial charge is 0.0950 e. The lowest BCUT2D eigenvalue weighted by atomic mass is 10.2. The van der Waals surface area contributed by atoms with Crippen LogP contribution in [-0.2, 0) is 0 Å². The Labute approximate surface area is 72.0 Å². The minimum absolute atomic E-state index is 0.261. The second-order valence-electron chi connectivity index (χ2n) is 2.64. The van der Waals surface area contributed by atoms with Crippen LogP contribution in [0.3, 0.4) is 0 Å². The standard InChI is InChI=1S/C9H12N2O/c1-8(11-5-2-4-10)9-3-6-12-7-9/h3,6-8,11H,2,5H2,1H3. The van der Waals surface area contributed by atoms with Gasteiger partial charge < -0.3 is 9.73 Å². The van der Waals surface area contributed by atoms with Gasteiger partial charge in [0.05, 0.1) is 18.6 Å². The van der Waals surface area contributed by atoms with Gasteiger partial charge in [0, 0.05) is 24.6 Å². The van der Waals surface area contributed by atoms with Gasteiger partial charge in [0.2, 0.25) is 0 Å². The van der Waals surface area contributed by atoms with Gasteiger partial charge in [-0.1, -0.05) is 0 Å². The van der Waals surface area contributed by atoms with Crippen LogP contribution in [0.1, 0.15) is 24.9 Å². The Morgan fingerprint density at radius 1 is 1.75 bits per heavy atom. The summed E-state index contributed by atoms with van der Waals surface area (Å²) in [5, 5.41) is 11.5. The van der Waals surface area contributed by atoms with Crippen molar-refractivity contribution in [2.24, 2.45) is 0 Å². The third kappa shape index (κ3) is 2.40. The average molecular weight is 164 g/mol. The monoisotopic (exact) mass is 164 g/mol. The SMILES string of the molecule is CC(NCCC#N)c1ccoc1. The number of furan rings is 1. The molecule has 0 spiro atoms. The first-order valence-corrected chi connectivity index (χ1v) is 3.97. The van der Waals surface area contributed by atoms with Gasteiger partial charge in [-0.3, -0.25) is 0 Å². The molecule has 1 N–H and O–H groups in total. The molecule has 1 aromatic rings. The maximum absolute atomic E-state index is 8.30. The highest BCUT2D eigenvalue weighted by atomic mass is 16.3. The summed E-state index contributed by atoms with van der Waals surface area (Å²) in [6.07, 6.45) is 3.91. The van der Waals surface area contributed by atoms with Crippen LogP contribution >= 0.6 is 0 Å². The van der Waals surface area contributed by atoms with Crippen LogP contribution in [0.2, 0.25) is 0 Å². The first kappa shape index (κ1) is 8.82. The van der Waals surface area contributed by atoms with Crippen LogP contribution in [0, 0.1) is 11.3 Å². The Hall–Kier alpha value is -1.27. The zero-order valence-corrected chi connectivity index (χ0v) is 7.08. The fourth-order valence-electron chi connectivity index (χ4n) is 0.984. The molecule has 1 aromatic heterocycles. The first-order chi connectivity index (χ1) is 5.84. The second kappa shape index (κ2) is 4.58. The molecule has 0 aliphatic heterocycles. The molecule has 0 aliphatic carbocycles. The molecule has 3 nitrogen and oxygen atoms in total. The summed E-state index contributed by atoms with van der Waals surface area (Å²) in [6.45, 7) is 2.77. The van der Waals surface area contributed by atoms with E-state index in [-0.39, 0.29) is 6.04 Å². The number of hydrogen-bond acceptors (Lipinski definition) is 3. The van der Waals surface area contributed by atoms with Crippen molar-refractivity contribution in [1.82, 2.24) is 5.32 Å². The van der Waals surface area contributed by atoms with E-state index >= 15 is 0 Å². The highest BCUT2D eigenvalue weighted by Gasteiger charge is 2.03. The van der Waals surface area contributed by atoms with E-state index in [1.165, 1.54) is 0 Å². The highest BCUT2D eigenvalue weighted by Crippen LogP contribution is 2.11. The molecule has 0 radical (unpaired) electrons. The van der Waals surface area contributed by atoms with Crippen molar-refractivity contribution in [2.75, 3.05) is 6.54 Å². The lowest BCUT2D eigenvalue weighted by Crippen LogP contribution is -2.18. The van der Waals surface area contributed by atoms with E-state index in [4.69, 9.17) is 9.68 Å². The quantitative estimate of drug-likeness (QED) is 0.691. The van der Waals surface area contributed by atoms with Crippen LogP contribution in [0.25, 0.3) is 0 Å². The zero-order chi connectivity index (χ0) is 8.81.